The van der Waals surface area contributed by atoms with E-state index in [1.54, 1.807) is 34.6 Å². The molecule has 35 heavy (non-hydrogen) atoms. The largest absolute Gasteiger partial charge is 0.480 e. The highest BCUT2D eigenvalue weighted by atomic mass is 32.2. The van der Waals surface area contributed by atoms with Gasteiger partial charge in [0.2, 0.25) is 10.0 Å². The summed E-state index contributed by atoms with van der Waals surface area (Å²) in [5.74, 6) is -2.20. The molecule has 13 heteroatoms. The predicted molar refractivity (Wildman–Crippen MR) is 126 cm³/mol. The number of Topliss-reactive ketones (excluding diaryl/α,β-unsaturated/α-hetero) is 1. The van der Waals surface area contributed by atoms with Crippen molar-refractivity contribution < 1.29 is 46.5 Å². The Kier molecular flexibility index (Phi) is 11.0. The molecule has 0 aromatic heterocycles. The summed E-state index contributed by atoms with van der Waals surface area (Å²) in [6.45, 7) is 6.64. The van der Waals surface area contributed by atoms with Crippen LogP contribution in [0.2, 0.25) is 0 Å². The molecule has 0 fully saturated rings. The molecule has 0 unspecified atom stereocenters. The number of benzene rings is 1. The number of nitrogens with one attached hydrogen (secondary N) is 1. The zero-order valence-corrected chi connectivity index (χ0v) is 21.5. The van der Waals surface area contributed by atoms with Crippen molar-refractivity contribution in [1.82, 2.24) is 5.32 Å². The van der Waals surface area contributed by atoms with Crippen LogP contribution in [-0.4, -0.2) is 77.0 Å². The van der Waals surface area contributed by atoms with E-state index in [2.05, 4.69) is 5.32 Å². The number of hydrogen-bond acceptors (Lipinski definition) is 10. The highest BCUT2D eigenvalue weighted by Gasteiger charge is 2.27. The maximum absolute atomic E-state index is 12.7. The topological polar surface area (TPSA) is 155 Å². The van der Waals surface area contributed by atoms with E-state index in [1.165, 1.54) is 18.2 Å². The van der Waals surface area contributed by atoms with Gasteiger partial charge in [0.05, 0.1) is 31.7 Å². The fourth-order valence-corrected chi connectivity index (χ4v) is 3.46. The monoisotopic (exact) mass is 516 g/mol. The zero-order chi connectivity index (χ0) is 26.8. The van der Waals surface area contributed by atoms with Gasteiger partial charge in [-0.15, -0.1) is 0 Å². The van der Waals surface area contributed by atoms with Crippen LogP contribution < -0.4 is 14.4 Å². The van der Waals surface area contributed by atoms with E-state index in [1.807, 2.05) is 0 Å². The lowest BCUT2D eigenvalue weighted by Gasteiger charge is -2.24. The van der Waals surface area contributed by atoms with Crippen LogP contribution in [0.25, 0.3) is 0 Å². The van der Waals surface area contributed by atoms with E-state index in [0.717, 1.165) is 6.26 Å². The van der Waals surface area contributed by atoms with Gasteiger partial charge < -0.3 is 24.3 Å². The Morgan fingerprint density at radius 2 is 1.60 bits per heavy atom. The van der Waals surface area contributed by atoms with E-state index in [-0.39, 0.29) is 30.2 Å². The minimum atomic E-state index is -4.06. The number of hydrogen-bond donors (Lipinski definition) is 1. The number of amides is 1. The van der Waals surface area contributed by atoms with Gasteiger partial charge in [-0.25, -0.2) is 18.0 Å². The maximum Gasteiger partial charge on any atom is 0.408 e. The van der Waals surface area contributed by atoms with E-state index in [9.17, 15) is 27.6 Å². The lowest BCUT2D eigenvalue weighted by Crippen LogP contribution is -2.37. The molecule has 0 aliphatic rings. The summed E-state index contributed by atoms with van der Waals surface area (Å²) in [5.41, 5.74) is -0.925. The van der Waals surface area contributed by atoms with Crippen LogP contribution in [0.5, 0.6) is 5.75 Å². The molecular formula is C22H32N2O10S. The van der Waals surface area contributed by atoms with Crippen molar-refractivity contribution in [1.29, 1.82) is 0 Å². The third kappa shape index (κ3) is 10.6. The Balaban J connectivity index is 3.31. The number of rotatable bonds is 12. The number of anilines is 1. The summed E-state index contributed by atoms with van der Waals surface area (Å²) in [5, 5.41) is 2.32. The van der Waals surface area contributed by atoms with Gasteiger partial charge in [0, 0.05) is 5.56 Å². The number of alkyl carbamates (subject to hydrolysis) is 1. The van der Waals surface area contributed by atoms with Gasteiger partial charge in [-0.2, -0.15) is 0 Å². The van der Waals surface area contributed by atoms with Crippen LogP contribution >= 0.6 is 0 Å². The number of nitrogens with zero attached hydrogens (tertiary/aromatic N) is 1. The van der Waals surface area contributed by atoms with Crippen molar-refractivity contribution >= 4 is 39.5 Å². The lowest BCUT2D eigenvalue weighted by molar-refractivity contribution is -0.145. The number of ether oxygens (including phenoxy) is 4. The smallest absolute Gasteiger partial charge is 0.408 e. The van der Waals surface area contributed by atoms with Gasteiger partial charge in [0.15, 0.2) is 12.4 Å². The van der Waals surface area contributed by atoms with Crippen LogP contribution in [0.1, 0.15) is 45.0 Å². The lowest BCUT2D eigenvalue weighted by atomic mass is 10.1. The molecule has 0 spiro atoms. The second kappa shape index (κ2) is 12.9. The van der Waals surface area contributed by atoms with Crippen molar-refractivity contribution in [3.63, 3.8) is 0 Å². The first-order valence-corrected chi connectivity index (χ1v) is 12.6. The summed E-state index contributed by atoms with van der Waals surface area (Å²) in [4.78, 5) is 48.3. The molecule has 0 aliphatic heterocycles. The van der Waals surface area contributed by atoms with E-state index >= 15 is 0 Å². The minimum Gasteiger partial charge on any atom is -0.480 e. The second-order valence-electron chi connectivity index (χ2n) is 8.13. The molecule has 0 radical (unpaired) electrons. The Bertz CT molecular complexity index is 1030. The molecule has 1 rings (SSSR count). The molecule has 1 aromatic carbocycles. The summed E-state index contributed by atoms with van der Waals surface area (Å²) >= 11 is 0. The molecule has 0 bridgehead atoms. The third-order valence-corrected chi connectivity index (χ3v) is 5.10. The van der Waals surface area contributed by atoms with Crippen molar-refractivity contribution in [2.75, 3.05) is 43.5 Å². The quantitative estimate of drug-likeness (QED) is 0.246. The molecule has 196 valence electrons. The molecule has 1 amide bonds. The summed E-state index contributed by atoms with van der Waals surface area (Å²) < 4.78 is 45.9. The molecule has 0 aliphatic carbocycles. The van der Waals surface area contributed by atoms with Gasteiger partial charge in [0.1, 0.15) is 17.9 Å². The first-order chi connectivity index (χ1) is 16.2. The average Bonchev–Trinajstić information content (AvgIpc) is 2.73. The van der Waals surface area contributed by atoms with Gasteiger partial charge in [0.25, 0.3) is 0 Å². The molecule has 0 heterocycles. The normalized spacial score (nSPS) is 11.3. The molecule has 1 N–H and O–H groups in total. The number of esters is 2. The van der Waals surface area contributed by atoms with Crippen LogP contribution in [0.3, 0.4) is 0 Å². The summed E-state index contributed by atoms with van der Waals surface area (Å²) in [7, 11) is -4.06. The highest BCUT2D eigenvalue weighted by Crippen LogP contribution is 2.32. The molecule has 0 saturated carbocycles. The number of ketones is 1. The van der Waals surface area contributed by atoms with Crippen LogP contribution in [0.15, 0.2) is 18.2 Å². The SMILES string of the molecule is CCOC(=O)COc1ccc(C(=O)CNC(=O)OC(C)(C)C)cc1N(CC(=O)OCC)S(C)(=O)=O. The van der Waals surface area contributed by atoms with E-state index < -0.39 is 59.1 Å². The number of sulfonamides is 1. The van der Waals surface area contributed by atoms with Crippen LogP contribution in [0.4, 0.5) is 10.5 Å². The third-order valence-electron chi connectivity index (χ3n) is 3.97. The Morgan fingerprint density at radius 1 is 1.00 bits per heavy atom. The van der Waals surface area contributed by atoms with Crippen molar-refractivity contribution in [3.05, 3.63) is 23.8 Å². The minimum absolute atomic E-state index is 0.0112. The van der Waals surface area contributed by atoms with Crippen molar-refractivity contribution in [2.45, 2.75) is 40.2 Å². The average molecular weight is 517 g/mol. The molecule has 0 atom stereocenters. The van der Waals surface area contributed by atoms with Crippen LogP contribution in [-0.2, 0) is 33.8 Å². The van der Waals surface area contributed by atoms with Crippen molar-refractivity contribution in [2.24, 2.45) is 0 Å². The standard InChI is InChI=1S/C22H32N2O10S/c1-7-31-19(26)13-24(35(6,29)30)16-11-15(9-10-18(16)33-14-20(27)32-8-2)17(25)12-23-21(28)34-22(3,4)5/h9-11H,7-8,12-14H2,1-6H3,(H,23,28). The van der Waals surface area contributed by atoms with E-state index in [0.29, 0.717) is 4.31 Å². The Morgan fingerprint density at radius 3 is 2.14 bits per heavy atom. The van der Waals surface area contributed by atoms with Gasteiger partial charge >= 0.3 is 18.0 Å². The first kappa shape index (κ1) is 29.7. The molecule has 0 saturated heterocycles. The Labute approximate surface area is 204 Å². The van der Waals surface area contributed by atoms with Gasteiger partial charge in [-0.3, -0.25) is 13.9 Å². The molecule has 12 nitrogen and oxygen atoms in total. The van der Waals surface area contributed by atoms with Gasteiger partial charge in [-0.05, 0) is 52.8 Å². The highest BCUT2D eigenvalue weighted by molar-refractivity contribution is 7.92. The second-order valence-corrected chi connectivity index (χ2v) is 10.0. The van der Waals surface area contributed by atoms with Crippen molar-refractivity contribution in [3.8, 4) is 5.75 Å². The fourth-order valence-electron chi connectivity index (χ4n) is 2.62. The number of carbonyl (C=O) groups excluding carboxylic acids is 4. The van der Waals surface area contributed by atoms with E-state index in [4.69, 9.17) is 18.9 Å². The van der Waals surface area contributed by atoms with Gasteiger partial charge in [-0.1, -0.05) is 0 Å². The number of carbonyl (C=O) groups is 4. The van der Waals surface area contributed by atoms with Crippen LogP contribution in [0, 0.1) is 0 Å². The Hall–Kier alpha value is -3.35. The molecule has 1 aromatic rings. The first-order valence-electron chi connectivity index (χ1n) is 10.7. The zero-order valence-electron chi connectivity index (χ0n) is 20.7. The summed E-state index contributed by atoms with van der Waals surface area (Å²) in [6.07, 6.45) is 0.0560. The molecular weight excluding hydrogens is 484 g/mol. The maximum atomic E-state index is 12.7. The fraction of sp³-hybridized carbons (Fsp3) is 0.545. The summed E-state index contributed by atoms with van der Waals surface area (Å²) in [6, 6.07) is 3.78. The predicted octanol–water partition coefficient (Wildman–Crippen LogP) is 1.66.